The third-order valence-corrected chi connectivity index (χ3v) is 7.03. The predicted octanol–water partition coefficient (Wildman–Crippen LogP) is 5.36. The lowest BCUT2D eigenvalue weighted by Crippen LogP contribution is -2.27. The standard InChI is InChI=1S/C37H44N6O6/c1-42(36(45)48-25-7-23-38)32-19-13-28(14-20-32)11-17-30-27-31(41-34(40-30)9-5-4-6-10-35(44)47-3)18-12-29-15-21-33(22-16-29)43(2)37(46)49-26-8-24-39/h11-22,27H,4,6-8,10,23-26,38-39H2,1-3H3/b17-11+,18-12+. The van der Waals surface area contributed by atoms with Crippen molar-refractivity contribution >= 4 is 53.8 Å². The molecule has 2 aromatic carbocycles. The maximum atomic E-state index is 12.3. The maximum absolute atomic E-state index is 12.3. The van der Waals surface area contributed by atoms with Crippen LogP contribution in [-0.4, -0.2) is 75.6 Å². The average Bonchev–Trinajstić information content (AvgIpc) is 3.12. The molecule has 0 aliphatic rings. The molecule has 0 fully saturated rings. The lowest BCUT2D eigenvalue weighted by atomic mass is 10.1. The summed E-state index contributed by atoms with van der Waals surface area (Å²) in [4.78, 5) is 48.0. The van der Waals surface area contributed by atoms with Gasteiger partial charge in [0, 0.05) is 38.3 Å². The third-order valence-electron chi connectivity index (χ3n) is 7.03. The number of carbonyl (C=O) groups is 3. The molecule has 0 spiro atoms. The van der Waals surface area contributed by atoms with Gasteiger partial charge in [0.15, 0.2) is 0 Å². The molecule has 258 valence electrons. The van der Waals surface area contributed by atoms with E-state index in [4.69, 9.17) is 20.9 Å². The van der Waals surface area contributed by atoms with Gasteiger partial charge in [-0.1, -0.05) is 42.3 Å². The first-order chi connectivity index (χ1) is 23.7. The van der Waals surface area contributed by atoms with Crippen molar-refractivity contribution in [3.8, 4) is 11.8 Å². The monoisotopic (exact) mass is 668 g/mol. The van der Waals surface area contributed by atoms with E-state index in [0.717, 1.165) is 11.1 Å². The first-order valence-corrected chi connectivity index (χ1v) is 16.0. The van der Waals surface area contributed by atoms with E-state index in [0.29, 0.717) is 67.4 Å². The normalized spacial score (nSPS) is 10.8. The van der Waals surface area contributed by atoms with Crippen molar-refractivity contribution in [2.75, 3.05) is 57.3 Å². The molecule has 0 bridgehead atoms. The van der Waals surface area contributed by atoms with Gasteiger partial charge in [0.1, 0.15) is 0 Å². The van der Waals surface area contributed by atoms with Gasteiger partial charge in [-0.25, -0.2) is 19.6 Å². The minimum Gasteiger partial charge on any atom is -0.469 e. The van der Waals surface area contributed by atoms with Crippen LogP contribution in [0.3, 0.4) is 0 Å². The van der Waals surface area contributed by atoms with Gasteiger partial charge >= 0.3 is 18.2 Å². The number of hydrogen-bond acceptors (Lipinski definition) is 10. The molecule has 3 rings (SSSR count). The van der Waals surface area contributed by atoms with Gasteiger partial charge in [-0.3, -0.25) is 14.6 Å². The van der Waals surface area contributed by atoms with E-state index < -0.39 is 12.2 Å². The second-order valence-corrected chi connectivity index (χ2v) is 10.8. The molecule has 0 radical (unpaired) electrons. The summed E-state index contributed by atoms with van der Waals surface area (Å²) in [6.07, 6.45) is 9.20. The molecule has 3 aromatic rings. The van der Waals surface area contributed by atoms with Crippen LogP contribution in [0.15, 0.2) is 54.6 Å². The van der Waals surface area contributed by atoms with Crippen LogP contribution in [0.4, 0.5) is 21.0 Å². The predicted molar refractivity (Wildman–Crippen MR) is 192 cm³/mol. The summed E-state index contributed by atoms with van der Waals surface area (Å²) >= 11 is 0. The fraction of sp³-hybridized carbons (Fsp3) is 0.324. The van der Waals surface area contributed by atoms with Gasteiger partial charge < -0.3 is 25.7 Å². The summed E-state index contributed by atoms with van der Waals surface area (Å²) in [7, 11) is 4.66. The Morgan fingerprint density at radius 1 is 0.735 bits per heavy atom. The van der Waals surface area contributed by atoms with Gasteiger partial charge in [-0.05, 0) is 91.9 Å². The van der Waals surface area contributed by atoms with Crippen LogP contribution in [0, 0.1) is 11.8 Å². The maximum Gasteiger partial charge on any atom is 0.414 e. The first kappa shape index (κ1) is 37.9. The van der Waals surface area contributed by atoms with Crippen LogP contribution in [0.2, 0.25) is 0 Å². The molecule has 0 aliphatic heterocycles. The van der Waals surface area contributed by atoms with Crippen LogP contribution in [-0.2, 0) is 19.0 Å². The Morgan fingerprint density at radius 2 is 1.20 bits per heavy atom. The molecule has 12 nitrogen and oxygen atoms in total. The number of aromatic nitrogens is 2. The Bertz CT molecular complexity index is 1540. The number of anilines is 2. The van der Waals surface area contributed by atoms with Crippen LogP contribution < -0.4 is 21.3 Å². The molecule has 0 saturated carbocycles. The summed E-state index contributed by atoms with van der Waals surface area (Å²) in [5, 5.41) is 0. The van der Waals surface area contributed by atoms with Crippen molar-refractivity contribution in [3.05, 3.63) is 82.9 Å². The van der Waals surface area contributed by atoms with E-state index in [1.807, 2.05) is 78.9 Å². The van der Waals surface area contributed by atoms with Crippen molar-refractivity contribution in [1.29, 1.82) is 0 Å². The zero-order valence-corrected chi connectivity index (χ0v) is 28.3. The van der Waals surface area contributed by atoms with Crippen molar-refractivity contribution in [2.45, 2.75) is 32.1 Å². The largest absolute Gasteiger partial charge is 0.469 e. The minimum absolute atomic E-state index is 0.272. The molecule has 0 aliphatic carbocycles. The molecule has 0 saturated heterocycles. The molecular formula is C37H44N6O6. The summed E-state index contributed by atoms with van der Waals surface area (Å²) in [6.45, 7) is 1.45. The second-order valence-electron chi connectivity index (χ2n) is 10.8. The number of amides is 2. The molecule has 2 amide bonds. The highest BCUT2D eigenvalue weighted by molar-refractivity contribution is 5.88. The highest BCUT2D eigenvalue weighted by Crippen LogP contribution is 2.19. The van der Waals surface area contributed by atoms with E-state index in [2.05, 4.69) is 26.5 Å². The number of benzene rings is 2. The van der Waals surface area contributed by atoms with Gasteiger partial charge in [-0.2, -0.15) is 0 Å². The number of rotatable bonds is 15. The molecule has 4 N–H and O–H groups in total. The van der Waals surface area contributed by atoms with Crippen LogP contribution in [0.1, 0.15) is 60.4 Å². The number of hydrogen-bond donors (Lipinski definition) is 2. The van der Waals surface area contributed by atoms with Gasteiger partial charge in [0.25, 0.3) is 0 Å². The molecule has 0 atom stereocenters. The van der Waals surface area contributed by atoms with Gasteiger partial charge in [0.2, 0.25) is 5.82 Å². The Hall–Kier alpha value is -5.51. The Kier molecular flexibility index (Phi) is 16.0. The Balaban J connectivity index is 1.77. The van der Waals surface area contributed by atoms with E-state index in [1.165, 1.54) is 16.9 Å². The quantitative estimate of drug-likeness (QED) is 0.0933. The van der Waals surface area contributed by atoms with Gasteiger partial charge in [-0.15, -0.1) is 0 Å². The molecule has 0 unspecified atom stereocenters. The van der Waals surface area contributed by atoms with Crippen molar-refractivity contribution in [3.63, 3.8) is 0 Å². The molecule has 49 heavy (non-hydrogen) atoms. The number of esters is 1. The number of nitrogens with two attached hydrogens (primary N) is 2. The number of methoxy groups -OCH3 is 1. The molecule has 1 aromatic heterocycles. The van der Waals surface area contributed by atoms with Crippen molar-refractivity contribution < 1.29 is 28.6 Å². The lowest BCUT2D eigenvalue weighted by molar-refractivity contribution is -0.140. The number of unbranched alkanes of at least 4 members (excludes halogenated alkanes) is 1. The summed E-state index contributed by atoms with van der Waals surface area (Å²) in [6, 6.07) is 16.7. The Labute approximate surface area is 287 Å². The van der Waals surface area contributed by atoms with E-state index >= 15 is 0 Å². The second kappa shape index (κ2) is 20.7. The van der Waals surface area contributed by atoms with Crippen molar-refractivity contribution in [1.82, 2.24) is 9.97 Å². The fourth-order valence-corrected chi connectivity index (χ4v) is 4.15. The SMILES string of the molecule is COC(=O)CCCC#Cc1nc(/C=C/c2ccc(N(C)C(=O)OCCCN)cc2)cc(/C=C/c2ccc(N(C)C(=O)OCCCN)cc2)n1. The number of nitrogens with zero attached hydrogens (tertiary/aromatic N) is 4. The molecular weight excluding hydrogens is 624 g/mol. The zero-order chi connectivity index (χ0) is 35.4. The topological polar surface area (TPSA) is 163 Å². The number of carbonyl (C=O) groups excluding carboxylic acids is 3. The van der Waals surface area contributed by atoms with E-state index in [1.54, 1.807) is 14.1 Å². The van der Waals surface area contributed by atoms with Crippen molar-refractivity contribution in [2.24, 2.45) is 11.5 Å². The molecule has 1 heterocycles. The summed E-state index contributed by atoms with van der Waals surface area (Å²) in [5.41, 5.74) is 15.4. The highest BCUT2D eigenvalue weighted by Gasteiger charge is 2.13. The van der Waals surface area contributed by atoms with Crippen LogP contribution >= 0.6 is 0 Å². The van der Waals surface area contributed by atoms with Crippen LogP contribution in [0.25, 0.3) is 24.3 Å². The van der Waals surface area contributed by atoms with E-state index in [9.17, 15) is 14.4 Å². The van der Waals surface area contributed by atoms with E-state index in [-0.39, 0.29) is 25.6 Å². The molecule has 12 heteroatoms. The first-order valence-electron chi connectivity index (χ1n) is 16.0. The Morgan fingerprint density at radius 3 is 1.63 bits per heavy atom. The zero-order valence-electron chi connectivity index (χ0n) is 28.3. The fourth-order valence-electron chi connectivity index (χ4n) is 4.15. The lowest BCUT2D eigenvalue weighted by Gasteiger charge is -2.17. The summed E-state index contributed by atoms with van der Waals surface area (Å²) in [5.74, 6) is 6.11. The highest BCUT2D eigenvalue weighted by atomic mass is 16.6. The number of ether oxygens (including phenoxy) is 3. The smallest absolute Gasteiger partial charge is 0.414 e. The van der Waals surface area contributed by atoms with Crippen LogP contribution in [0.5, 0.6) is 0 Å². The third kappa shape index (κ3) is 13.3. The van der Waals surface area contributed by atoms with Gasteiger partial charge in [0.05, 0.1) is 31.7 Å². The minimum atomic E-state index is -0.445. The summed E-state index contributed by atoms with van der Waals surface area (Å²) < 4.78 is 15.1. The average molecular weight is 669 g/mol.